The van der Waals surface area contributed by atoms with Crippen LogP contribution in [0.2, 0.25) is 0 Å². The summed E-state index contributed by atoms with van der Waals surface area (Å²) >= 11 is 1.59. The second kappa shape index (κ2) is 5.59. The fourth-order valence-electron chi connectivity index (χ4n) is 1.60. The molecule has 1 atom stereocenters. The average Bonchev–Trinajstić information content (AvgIpc) is 3.01. The summed E-state index contributed by atoms with van der Waals surface area (Å²) in [4.78, 5) is 0.996. The van der Waals surface area contributed by atoms with Crippen molar-refractivity contribution >= 4 is 23.7 Å². The molecule has 2 aromatic heterocycles. The van der Waals surface area contributed by atoms with Gasteiger partial charge >= 0.3 is 0 Å². The van der Waals surface area contributed by atoms with E-state index in [9.17, 15) is 0 Å². The molecule has 0 radical (unpaired) electrons. The lowest BCUT2D eigenvalue weighted by Crippen LogP contribution is -2.34. The maximum Gasteiger partial charge on any atom is 0.257 e. The second-order valence-electron chi connectivity index (χ2n) is 3.50. The largest absolute Gasteiger partial charge is 0.418 e. The third kappa shape index (κ3) is 2.66. The fourth-order valence-corrected chi connectivity index (χ4v) is 2.24. The Bertz CT molecular complexity index is 454. The number of halogens is 1. The molecular weight excluding hydrogens is 262 g/mol. The van der Waals surface area contributed by atoms with Crippen LogP contribution in [0, 0.1) is 0 Å². The minimum Gasteiger partial charge on any atom is -0.418 e. The summed E-state index contributed by atoms with van der Waals surface area (Å²) in [7, 11) is 0. The van der Waals surface area contributed by atoms with Gasteiger partial charge in [-0.1, -0.05) is 6.07 Å². The predicted octanol–water partition coefficient (Wildman–Crippen LogP) is 1.88. The lowest BCUT2D eigenvalue weighted by molar-refractivity contribution is 0.0683. The van der Waals surface area contributed by atoms with Crippen LogP contribution in [0.5, 0.6) is 0 Å². The molecule has 0 saturated carbocycles. The van der Waals surface area contributed by atoms with Gasteiger partial charge in [-0.15, -0.1) is 33.9 Å². The maximum atomic E-state index is 5.61. The normalized spacial score (nSPS) is 19.9. The molecule has 0 amide bonds. The van der Waals surface area contributed by atoms with E-state index in [2.05, 4.69) is 15.5 Å². The predicted molar refractivity (Wildman–Crippen MR) is 66.4 cm³/mol. The molecule has 0 spiro atoms. The molecule has 1 unspecified atom stereocenters. The Labute approximate surface area is 109 Å². The van der Waals surface area contributed by atoms with Gasteiger partial charge in [-0.2, -0.15) is 0 Å². The smallest absolute Gasteiger partial charge is 0.257 e. The Morgan fingerprint density at radius 3 is 3.06 bits per heavy atom. The molecule has 1 aliphatic rings. The number of thiophene rings is 1. The van der Waals surface area contributed by atoms with Gasteiger partial charge in [0.2, 0.25) is 5.89 Å². The standard InChI is InChI=1S/C10H11N3O2S.ClH/c1-2-8(16-5-1)10-13-12-9(15-10)7-6-14-4-3-11-7;/h1-2,5,7,11H,3-4,6H2;1H. The molecule has 3 rings (SSSR count). The van der Waals surface area contributed by atoms with Gasteiger partial charge in [-0.25, -0.2) is 0 Å². The van der Waals surface area contributed by atoms with Crippen molar-refractivity contribution in [3.8, 4) is 10.8 Å². The molecule has 3 heterocycles. The van der Waals surface area contributed by atoms with Gasteiger partial charge in [0, 0.05) is 6.54 Å². The number of ether oxygens (including phenoxy) is 1. The van der Waals surface area contributed by atoms with Crippen LogP contribution in [0.3, 0.4) is 0 Å². The monoisotopic (exact) mass is 273 g/mol. The summed E-state index contributed by atoms with van der Waals surface area (Å²) in [6.45, 7) is 2.15. The van der Waals surface area contributed by atoms with Gasteiger partial charge in [0.05, 0.1) is 18.1 Å². The van der Waals surface area contributed by atoms with Crippen LogP contribution in [0.1, 0.15) is 11.9 Å². The first-order chi connectivity index (χ1) is 7.93. The number of nitrogens with one attached hydrogen (secondary N) is 1. The zero-order chi connectivity index (χ0) is 10.8. The van der Waals surface area contributed by atoms with Crippen molar-refractivity contribution in [2.24, 2.45) is 0 Å². The number of hydrogen-bond donors (Lipinski definition) is 1. The highest BCUT2D eigenvalue weighted by molar-refractivity contribution is 7.13. The first kappa shape index (κ1) is 12.5. The van der Waals surface area contributed by atoms with E-state index in [1.54, 1.807) is 11.3 Å². The van der Waals surface area contributed by atoms with Gasteiger partial charge in [-0.3, -0.25) is 0 Å². The van der Waals surface area contributed by atoms with Crippen LogP contribution in [0.4, 0.5) is 0 Å². The van der Waals surface area contributed by atoms with Crippen molar-refractivity contribution in [3.63, 3.8) is 0 Å². The summed E-state index contributed by atoms with van der Waals surface area (Å²) in [6.07, 6.45) is 0. The van der Waals surface area contributed by atoms with Crippen molar-refractivity contribution < 1.29 is 9.15 Å². The van der Waals surface area contributed by atoms with Crippen molar-refractivity contribution in [1.29, 1.82) is 0 Å². The molecule has 1 aliphatic heterocycles. The van der Waals surface area contributed by atoms with Crippen molar-refractivity contribution in [1.82, 2.24) is 15.5 Å². The molecule has 0 aliphatic carbocycles. The van der Waals surface area contributed by atoms with Crippen LogP contribution in [0.15, 0.2) is 21.9 Å². The Morgan fingerprint density at radius 2 is 2.35 bits per heavy atom. The van der Waals surface area contributed by atoms with Crippen LogP contribution in [0.25, 0.3) is 10.8 Å². The number of aromatic nitrogens is 2. The average molecular weight is 274 g/mol. The molecule has 1 fully saturated rings. The fraction of sp³-hybridized carbons (Fsp3) is 0.400. The highest BCUT2D eigenvalue weighted by Gasteiger charge is 2.21. The first-order valence-electron chi connectivity index (χ1n) is 5.12. The molecule has 17 heavy (non-hydrogen) atoms. The zero-order valence-electron chi connectivity index (χ0n) is 8.96. The van der Waals surface area contributed by atoms with Gasteiger partial charge in [-0.05, 0) is 11.4 Å². The van der Waals surface area contributed by atoms with Crippen LogP contribution in [-0.2, 0) is 4.74 Å². The number of hydrogen-bond acceptors (Lipinski definition) is 6. The molecule has 1 saturated heterocycles. The molecule has 0 bridgehead atoms. The summed E-state index contributed by atoms with van der Waals surface area (Å²) in [5.74, 6) is 1.18. The molecule has 1 N–H and O–H groups in total. The van der Waals surface area contributed by atoms with Crippen molar-refractivity contribution in [2.75, 3.05) is 19.8 Å². The van der Waals surface area contributed by atoms with Gasteiger partial charge in [0.15, 0.2) is 0 Å². The van der Waals surface area contributed by atoms with E-state index in [1.165, 1.54) is 0 Å². The van der Waals surface area contributed by atoms with E-state index in [0.29, 0.717) is 18.4 Å². The van der Waals surface area contributed by atoms with Gasteiger partial charge in [0.1, 0.15) is 6.04 Å². The van der Waals surface area contributed by atoms with E-state index in [0.717, 1.165) is 18.0 Å². The zero-order valence-corrected chi connectivity index (χ0v) is 10.6. The van der Waals surface area contributed by atoms with Crippen LogP contribution < -0.4 is 5.32 Å². The topological polar surface area (TPSA) is 60.2 Å². The van der Waals surface area contributed by atoms with Crippen molar-refractivity contribution in [3.05, 3.63) is 23.4 Å². The number of nitrogens with zero attached hydrogens (tertiary/aromatic N) is 2. The van der Waals surface area contributed by atoms with Gasteiger partial charge in [0.25, 0.3) is 5.89 Å². The lowest BCUT2D eigenvalue weighted by atomic mass is 10.3. The van der Waals surface area contributed by atoms with E-state index < -0.39 is 0 Å². The second-order valence-corrected chi connectivity index (χ2v) is 4.45. The molecule has 7 heteroatoms. The Morgan fingerprint density at radius 1 is 1.41 bits per heavy atom. The van der Waals surface area contributed by atoms with E-state index in [-0.39, 0.29) is 18.4 Å². The minimum atomic E-state index is 0. The summed E-state index contributed by atoms with van der Waals surface area (Å²) in [6, 6.07) is 3.95. The lowest BCUT2D eigenvalue weighted by Gasteiger charge is -2.20. The number of morpholine rings is 1. The van der Waals surface area contributed by atoms with E-state index in [1.807, 2.05) is 17.5 Å². The minimum absolute atomic E-state index is 0. The van der Waals surface area contributed by atoms with Gasteiger partial charge < -0.3 is 14.5 Å². The molecule has 92 valence electrons. The van der Waals surface area contributed by atoms with Crippen LogP contribution in [-0.4, -0.2) is 30.0 Å². The first-order valence-corrected chi connectivity index (χ1v) is 6.00. The Balaban J connectivity index is 0.00000108. The molecule has 0 aromatic carbocycles. The number of rotatable bonds is 2. The Hall–Kier alpha value is -0.950. The van der Waals surface area contributed by atoms with Crippen molar-refractivity contribution in [2.45, 2.75) is 6.04 Å². The SMILES string of the molecule is Cl.c1csc(-c2nnc(C3COCCN3)o2)c1. The molecule has 5 nitrogen and oxygen atoms in total. The highest BCUT2D eigenvalue weighted by atomic mass is 35.5. The molecular formula is C10H12ClN3O2S. The summed E-state index contributed by atoms with van der Waals surface area (Å²) < 4.78 is 11.0. The molecule has 2 aromatic rings. The third-order valence-electron chi connectivity index (χ3n) is 2.39. The van der Waals surface area contributed by atoms with E-state index >= 15 is 0 Å². The maximum absolute atomic E-state index is 5.61. The summed E-state index contributed by atoms with van der Waals surface area (Å²) in [5.41, 5.74) is 0. The summed E-state index contributed by atoms with van der Waals surface area (Å²) in [5, 5.41) is 13.3. The third-order valence-corrected chi connectivity index (χ3v) is 3.25. The quantitative estimate of drug-likeness (QED) is 0.905. The van der Waals surface area contributed by atoms with E-state index in [4.69, 9.17) is 9.15 Å². The van der Waals surface area contributed by atoms with Crippen LogP contribution >= 0.6 is 23.7 Å². The Kier molecular flexibility index (Phi) is 4.11. The highest BCUT2D eigenvalue weighted by Crippen LogP contribution is 2.25.